The van der Waals surface area contributed by atoms with Gasteiger partial charge < -0.3 is 5.11 Å². The topological polar surface area (TPSA) is 20.2 Å². The van der Waals surface area contributed by atoms with Crippen molar-refractivity contribution in [1.29, 1.82) is 0 Å². The highest BCUT2D eigenvalue weighted by Gasteiger charge is 1.48. The Morgan fingerprint density at radius 3 is 1.60 bits per heavy atom. The van der Waals surface area contributed by atoms with Gasteiger partial charge in [0, 0.05) is 7.11 Å². The minimum absolute atomic E-state index is 1.00. The molecule has 5 heavy (non-hydrogen) atoms. The predicted molar refractivity (Wildman–Crippen MR) is 25.6 cm³/mol. The van der Waals surface area contributed by atoms with Crippen LogP contribution in [-0.4, -0.2) is 18.9 Å². The molecular formula is C2H7BClO. The number of halogens is 1. The summed E-state index contributed by atoms with van der Waals surface area (Å²) in [5.74, 6) is 0. The second-order valence-electron chi connectivity index (χ2n) is 0.218. The molecule has 0 saturated heterocycles. The summed E-state index contributed by atoms with van der Waals surface area (Å²) in [5, 5.41) is 7.00. The van der Waals surface area contributed by atoms with Gasteiger partial charge in [0.05, 0.1) is 0 Å². The molecule has 1 radical (unpaired) electrons. The predicted octanol–water partition coefficient (Wildman–Crippen LogP) is 0.501. The Kier molecular flexibility index (Phi) is 49.4. The first-order valence-corrected chi connectivity index (χ1v) is 1.68. The van der Waals surface area contributed by atoms with E-state index in [1.165, 1.54) is 6.69 Å². The molecule has 31 valence electrons. The molecule has 0 aliphatic carbocycles. The Balaban J connectivity index is 0. The van der Waals surface area contributed by atoms with E-state index in [9.17, 15) is 0 Å². The van der Waals surface area contributed by atoms with Gasteiger partial charge in [0.15, 0.2) is 0 Å². The molecule has 0 aliphatic rings. The Labute approximate surface area is 38.1 Å². The highest BCUT2D eigenvalue weighted by molar-refractivity contribution is 6.92. The van der Waals surface area contributed by atoms with E-state index in [2.05, 4.69) is 0 Å². The van der Waals surface area contributed by atoms with Crippen molar-refractivity contribution in [3.8, 4) is 0 Å². The van der Waals surface area contributed by atoms with E-state index < -0.39 is 0 Å². The summed E-state index contributed by atoms with van der Waals surface area (Å²) in [6.45, 7) is 3.24. The van der Waals surface area contributed by atoms with Crippen molar-refractivity contribution in [3.63, 3.8) is 0 Å². The molecule has 0 fully saturated rings. The molecule has 0 aromatic rings. The molecule has 1 nitrogen and oxygen atoms in total. The van der Waals surface area contributed by atoms with Gasteiger partial charge in [-0.25, -0.2) is 11.5 Å². The molecule has 0 bridgehead atoms. The molecule has 0 aliphatic heterocycles. The van der Waals surface area contributed by atoms with Crippen LogP contribution in [0.15, 0.2) is 0 Å². The maximum absolute atomic E-state index is 7.00. The van der Waals surface area contributed by atoms with Gasteiger partial charge in [-0.15, -0.1) is 0 Å². The first-order chi connectivity index (χ1) is 2.41. The highest BCUT2D eigenvalue weighted by Crippen LogP contribution is 1.54. The molecule has 0 spiro atoms. The lowest BCUT2D eigenvalue weighted by Crippen LogP contribution is -1.45. The minimum Gasteiger partial charge on any atom is -0.400 e. The van der Waals surface area contributed by atoms with Crippen molar-refractivity contribution in [3.05, 3.63) is 0 Å². The normalized spacial score (nSPS) is 4.00. The van der Waals surface area contributed by atoms with Gasteiger partial charge in [-0.1, -0.05) is 6.82 Å². The molecule has 0 atom stereocenters. The second-order valence-corrected chi connectivity index (χ2v) is 0.655. The summed E-state index contributed by atoms with van der Waals surface area (Å²) in [6, 6.07) is 0. The summed E-state index contributed by atoms with van der Waals surface area (Å²) in [7, 11) is 1.00. The number of hydrogen-bond acceptors (Lipinski definition) is 1. The molecule has 0 heterocycles. The summed E-state index contributed by atoms with van der Waals surface area (Å²) in [6.07, 6.45) is 0. The third kappa shape index (κ3) is 233. The zero-order chi connectivity index (χ0) is 4.71. The quantitative estimate of drug-likeness (QED) is 0.432. The first kappa shape index (κ1) is 9.01. The van der Waals surface area contributed by atoms with Gasteiger partial charge in [-0.05, 0) is 0 Å². The minimum atomic E-state index is 1.00. The van der Waals surface area contributed by atoms with E-state index in [1.54, 1.807) is 6.82 Å². The molecule has 1 N–H and O–H groups in total. The van der Waals surface area contributed by atoms with Crippen LogP contribution in [0.5, 0.6) is 0 Å². The second kappa shape index (κ2) is 27.4. The van der Waals surface area contributed by atoms with Gasteiger partial charge in [0.25, 0.3) is 0 Å². The van der Waals surface area contributed by atoms with E-state index in [4.69, 9.17) is 16.6 Å². The third-order valence-electron chi connectivity index (χ3n) is 0. The summed E-state index contributed by atoms with van der Waals surface area (Å²) in [4.78, 5) is 0. The average molecular weight is 93.3 g/mol. The third-order valence-corrected chi connectivity index (χ3v) is 0. The molecule has 0 rings (SSSR count). The Bertz CT molecular complexity index is 9.61. The Morgan fingerprint density at radius 1 is 1.60 bits per heavy atom. The number of aliphatic hydroxyl groups excluding tert-OH is 1. The fourth-order valence-electron chi connectivity index (χ4n) is 0. The Morgan fingerprint density at radius 2 is 1.60 bits per heavy atom. The zero-order valence-corrected chi connectivity index (χ0v) is 4.16. The average Bonchev–Trinajstić information content (AvgIpc) is 1.46. The molecule has 0 unspecified atom stereocenters. The number of aliphatic hydroxyl groups is 1. The van der Waals surface area contributed by atoms with E-state index >= 15 is 0 Å². The lowest BCUT2D eigenvalue weighted by Gasteiger charge is -1.38. The smallest absolute Gasteiger partial charge is 0.235 e. The van der Waals surface area contributed by atoms with Gasteiger partial charge >= 0.3 is 0 Å². The monoisotopic (exact) mass is 93.0 g/mol. The van der Waals surface area contributed by atoms with Crippen LogP contribution in [0.3, 0.4) is 0 Å². The fourth-order valence-corrected chi connectivity index (χ4v) is 0. The molecule has 0 aromatic heterocycles. The van der Waals surface area contributed by atoms with Crippen LogP contribution in [-0.2, 0) is 0 Å². The van der Waals surface area contributed by atoms with E-state index in [0.717, 1.165) is 7.11 Å². The fraction of sp³-hybridized carbons (Fsp3) is 1.00. The van der Waals surface area contributed by atoms with Crippen molar-refractivity contribution < 1.29 is 5.11 Å². The molecule has 3 heteroatoms. The van der Waals surface area contributed by atoms with Gasteiger partial charge in [-0.3, -0.25) is 0 Å². The van der Waals surface area contributed by atoms with Crippen molar-refractivity contribution >= 4 is 18.2 Å². The first-order valence-electron chi connectivity index (χ1n) is 1.24. The molecule has 0 saturated carbocycles. The van der Waals surface area contributed by atoms with Crippen molar-refractivity contribution in [2.45, 2.75) is 6.82 Å². The maximum atomic E-state index is 7.00. The van der Waals surface area contributed by atoms with Gasteiger partial charge in [0.1, 0.15) is 0 Å². The van der Waals surface area contributed by atoms with E-state index in [1.807, 2.05) is 0 Å². The number of rotatable bonds is 0. The van der Waals surface area contributed by atoms with Crippen molar-refractivity contribution in [1.82, 2.24) is 0 Å². The van der Waals surface area contributed by atoms with Crippen LogP contribution < -0.4 is 0 Å². The standard InChI is InChI=1S/CH3BCl.CH4O/c1-2-3;1-2/h1H3;2H,1H3. The molecular weight excluding hydrogens is 86.3 g/mol. The lowest BCUT2D eigenvalue weighted by atomic mass is 10.2. The Hall–Kier alpha value is 0.315. The summed E-state index contributed by atoms with van der Waals surface area (Å²) in [5.41, 5.74) is 0. The van der Waals surface area contributed by atoms with Gasteiger partial charge in [-0.2, -0.15) is 0 Å². The van der Waals surface area contributed by atoms with Crippen LogP contribution in [0.1, 0.15) is 0 Å². The SMILES string of the molecule is CO.C[B]Cl. The van der Waals surface area contributed by atoms with Crippen LogP contribution in [0.2, 0.25) is 6.82 Å². The van der Waals surface area contributed by atoms with Crippen LogP contribution in [0, 0.1) is 0 Å². The van der Waals surface area contributed by atoms with Crippen molar-refractivity contribution in [2.24, 2.45) is 0 Å². The highest BCUT2D eigenvalue weighted by atomic mass is 35.5. The zero-order valence-electron chi connectivity index (χ0n) is 3.40. The van der Waals surface area contributed by atoms with Crippen LogP contribution in [0.25, 0.3) is 0 Å². The molecule has 0 aromatic carbocycles. The summed E-state index contributed by atoms with van der Waals surface area (Å²) < 4.78 is 0. The number of hydrogen-bond donors (Lipinski definition) is 1. The van der Waals surface area contributed by atoms with E-state index in [-0.39, 0.29) is 0 Å². The van der Waals surface area contributed by atoms with Crippen LogP contribution in [0.4, 0.5) is 0 Å². The van der Waals surface area contributed by atoms with Crippen LogP contribution >= 0.6 is 11.5 Å². The summed E-state index contributed by atoms with van der Waals surface area (Å²) >= 11 is 4.87. The maximum Gasteiger partial charge on any atom is 0.235 e. The van der Waals surface area contributed by atoms with Crippen molar-refractivity contribution in [2.75, 3.05) is 7.11 Å². The van der Waals surface area contributed by atoms with Gasteiger partial charge in [0.2, 0.25) is 6.69 Å². The molecule has 0 amide bonds. The lowest BCUT2D eigenvalue weighted by molar-refractivity contribution is 0.399. The largest absolute Gasteiger partial charge is 0.400 e. The van der Waals surface area contributed by atoms with E-state index in [0.29, 0.717) is 0 Å².